The van der Waals surface area contributed by atoms with E-state index in [0.29, 0.717) is 26.1 Å². The summed E-state index contributed by atoms with van der Waals surface area (Å²) in [5.74, 6) is -1.25. The van der Waals surface area contributed by atoms with Crippen molar-refractivity contribution in [1.82, 2.24) is 10.6 Å². The third kappa shape index (κ3) is 6.42. The minimum absolute atomic E-state index is 0.0111. The van der Waals surface area contributed by atoms with Crippen LogP contribution in [0.15, 0.2) is 0 Å². The summed E-state index contributed by atoms with van der Waals surface area (Å²) in [4.78, 5) is 21.4. The van der Waals surface area contributed by atoms with Crippen molar-refractivity contribution in [1.29, 1.82) is 0 Å². The number of aliphatic carboxylic acids is 1. The van der Waals surface area contributed by atoms with Crippen LogP contribution >= 0.6 is 0 Å². The lowest BCUT2D eigenvalue weighted by Crippen LogP contribution is -2.31. The molecule has 0 aliphatic carbocycles. The molecule has 0 radical (unpaired) electrons. The molecular weight excluding hydrogens is 184 g/mol. The molecule has 1 amide bonds. The summed E-state index contributed by atoms with van der Waals surface area (Å²) in [7, 11) is 0. The van der Waals surface area contributed by atoms with Gasteiger partial charge in [0.25, 0.3) is 0 Å². The number of carbonyl (C=O) groups is 2. The summed E-state index contributed by atoms with van der Waals surface area (Å²) in [6.07, 6.45) is 0.389. The van der Waals surface area contributed by atoms with Crippen LogP contribution in [0.25, 0.3) is 0 Å². The lowest BCUT2D eigenvalue weighted by Gasteiger charge is -2.07. The van der Waals surface area contributed by atoms with Crippen LogP contribution in [0.4, 0.5) is 0 Å². The van der Waals surface area contributed by atoms with Crippen LogP contribution in [-0.2, 0) is 9.59 Å². The summed E-state index contributed by atoms with van der Waals surface area (Å²) >= 11 is 0. The minimum Gasteiger partial charge on any atom is -0.481 e. The molecule has 3 N–H and O–H groups in total. The number of carboxylic acid groups (broad SMARTS) is 1. The van der Waals surface area contributed by atoms with E-state index in [9.17, 15) is 9.59 Å². The van der Waals surface area contributed by atoms with E-state index in [4.69, 9.17) is 5.11 Å². The van der Waals surface area contributed by atoms with E-state index in [0.717, 1.165) is 0 Å². The Bertz CT molecular complexity index is 194. The van der Waals surface area contributed by atoms with Gasteiger partial charge in [0.1, 0.15) is 0 Å². The lowest BCUT2D eigenvalue weighted by atomic mass is 10.2. The van der Waals surface area contributed by atoms with Crippen molar-refractivity contribution in [3.8, 4) is 0 Å². The van der Waals surface area contributed by atoms with Gasteiger partial charge in [-0.1, -0.05) is 6.92 Å². The van der Waals surface area contributed by atoms with E-state index < -0.39 is 11.9 Å². The zero-order valence-electron chi connectivity index (χ0n) is 8.67. The van der Waals surface area contributed by atoms with Gasteiger partial charge in [0.05, 0.1) is 5.92 Å². The molecule has 82 valence electrons. The molecule has 0 saturated carbocycles. The second-order valence-electron chi connectivity index (χ2n) is 3.15. The van der Waals surface area contributed by atoms with Gasteiger partial charge in [-0.2, -0.15) is 0 Å². The molecule has 5 nitrogen and oxygen atoms in total. The van der Waals surface area contributed by atoms with E-state index in [1.165, 1.54) is 0 Å². The number of carboxylic acids is 1. The normalized spacial score (nSPS) is 12.1. The molecule has 0 aromatic heterocycles. The number of rotatable bonds is 7. The van der Waals surface area contributed by atoms with Gasteiger partial charge in [-0.05, 0) is 6.92 Å². The first-order chi connectivity index (χ1) is 6.57. The molecule has 0 aliphatic heterocycles. The average molecular weight is 202 g/mol. The molecule has 1 unspecified atom stereocenters. The van der Waals surface area contributed by atoms with Crippen LogP contribution in [0.1, 0.15) is 20.3 Å². The van der Waals surface area contributed by atoms with Gasteiger partial charge in [0.15, 0.2) is 0 Å². The van der Waals surface area contributed by atoms with Crippen molar-refractivity contribution in [2.24, 2.45) is 5.92 Å². The molecule has 5 heteroatoms. The van der Waals surface area contributed by atoms with Crippen molar-refractivity contribution in [2.75, 3.05) is 19.6 Å². The fraction of sp³-hybridized carbons (Fsp3) is 0.778. The Morgan fingerprint density at radius 1 is 1.43 bits per heavy atom. The molecule has 0 aromatic carbocycles. The second kappa shape index (κ2) is 7.32. The predicted molar refractivity (Wildman–Crippen MR) is 53.0 cm³/mol. The minimum atomic E-state index is -0.824. The first-order valence-electron chi connectivity index (χ1n) is 4.78. The summed E-state index contributed by atoms with van der Waals surface area (Å²) in [5, 5.41) is 14.1. The highest BCUT2D eigenvalue weighted by Gasteiger charge is 2.09. The second-order valence-corrected chi connectivity index (χ2v) is 3.15. The Labute approximate surface area is 83.9 Å². The van der Waals surface area contributed by atoms with E-state index in [-0.39, 0.29) is 5.91 Å². The molecule has 0 rings (SSSR count). The van der Waals surface area contributed by atoms with Crippen LogP contribution < -0.4 is 10.6 Å². The fourth-order valence-corrected chi connectivity index (χ4v) is 0.893. The van der Waals surface area contributed by atoms with Gasteiger partial charge < -0.3 is 15.7 Å². The zero-order chi connectivity index (χ0) is 11.0. The molecule has 14 heavy (non-hydrogen) atoms. The predicted octanol–water partition coefficient (Wildman–Crippen LogP) is -0.177. The maximum Gasteiger partial charge on any atom is 0.307 e. The van der Waals surface area contributed by atoms with Crippen molar-refractivity contribution in [3.05, 3.63) is 0 Å². The molecule has 0 aliphatic rings. The third-order valence-electron chi connectivity index (χ3n) is 1.77. The Kier molecular flexibility index (Phi) is 6.74. The highest BCUT2D eigenvalue weighted by molar-refractivity contribution is 5.76. The third-order valence-corrected chi connectivity index (χ3v) is 1.77. The van der Waals surface area contributed by atoms with E-state index in [1.807, 2.05) is 6.92 Å². The Hall–Kier alpha value is -1.10. The number of nitrogens with one attached hydrogen (secondary N) is 2. The molecular formula is C9H18N2O3. The molecule has 0 bridgehead atoms. The summed E-state index contributed by atoms with van der Waals surface area (Å²) in [6, 6.07) is 0. The Morgan fingerprint density at radius 2 is 2.07 bits per heavy atom. The summed E-state index contributed by atoms with van der Waals surface area (Å²) in [6.45, 7) is 5.03. The van der Waals surface area contributed by atoms with Crippen molar-refractivity contribution < 1.29 is 14.7 Å². The highest BCUT2D eigenvalue weighted by Crippen LogP contribution is 1.91. The number of carbonyl (C=O) groups excluding carboxylic acids is 1. The van der Waals surface area contributed by atoms with Gasteiger partial charge in [-0.25, -0.2) is 0 Å². The fourth-order valence-electron chi connectivity index (χ4n) is 0.893. The van der Waals surface area contributed by atoms with Crippen LogP contribution in [0.5, 0.6) is 0 Å². The SMILES string of the molecule is CCNC(=O)CCNCC(C)C(=O)O. The largest absolute Gasteiger partial charge is 0.481 e. The van der Waals surface area contributed by atoms with E-state index in [2.05, 4.69) is 10.6 Å². The highest BCUT2D eigenvalue weighted by atomic mass is 16.4. The van der Waals surface area contributed by atoms with Gasteiger partial charge in [0.2, 0.25) is 5.91 Å². The maximum atomic E-state index is 11.0. The lowest BCUT2D eigenvalue weighted by molar-refractivity contribution is -0.140. The molecule has 0 fully saturated rings. The van der Waals surface area contributed by atoms with Gasteiger partial charge in [-0.3, -0.25) is 9.59 Å². The van der Waals surface area contributed by atoms with Crippen molar-refractivity contribution in [3.63, 3.8) is 0 Å². The Balaban J connectivity index is 3.37. The average Bonchev–Trinajstić information content (AvgIpc) is 2.12. The standard InChI is InChI=1S/C9H18N2O3/c1-3-11-8(12)4-5-10-6-7(2)9(13)14/h7,10H,3-6H2,1-2H3,(H,11,12)(H,13,14). The molecule has 0 heterocycles. The Morgan fingerprint density at radius 3 is 2.57 bits per heavy atom. The van der Waals surface area contributed by atoms with Gasteiger partial charge >= 0.3 is 5.97 Å². The first-order valence-corrected chi connectivity index (χ1v) is 4.78. The van der Waals surface area contributed by atoms with Crippen LogP contribution in [0.3, 0.4) is 0 Å². The molecule has 0 spiro atoms. The van der Waals surface area contributed by atoms with Gasteiger partial charge in [0, 0.05) is 26.1 Å². The molecule has 0 aromatic rings. The molecule has 0 saturated heterocycles. The number of hydrogen-bond acceptors (Lipinski definition) is 3. The van der Waals surface area contributed by atoms with E-state index >= 15 is 0 Å². The van der Waals surface area contributed by atoms with Gasteiger partial charge in [-0.15, -0.1) is 0 Å². The smallest absolute Gasteiger partial charge is 0.307 e. The number of hydrogen-bond donors (Lipinski definition) is 3. The van der Waals surface area contributed by atoms with Crippen molar-refractivity contribution in [2.45, 2.75) is 20.3 Å². The van der Waals surface area contributed by atoms with E-state index in [1.54, 1.807) is 6.92 Å². The zero-order valence-corrected chi connectivity index (χ0v) is 8.67. The van der Waals surface area contributed by atoms with Crippen LogP contribution in [0.2, 0.25) is 0 Å². The number of amides is 1. The first kappa shape index (κ1) is 12.9. The van der Waals surface area contributed by atoms with Crippen molar-refractivity contribution >= 4 is 11.9 Å². The monoisotopic (exact) mass is 202 g/mol. The van der Waals surface area contributed by atoms with Crippen LogP contribution in [-0.4, -0.2) is 36.6 Å². The quantitative estimate of drug-likeness (QED) is 0.500. The summed E-state index contributed by atoms with van der Waals surface area (Å²) in [5.41, 5.74) is 0. The maximum absolute atomic E-state index is 11.0. The topological polar surface area (TPSA) is 78.4 Å². The summed E-state index contributed by atoms with van der Waals surface area (Å²) < 4.78 is 0. The molecule has 1 atom stereocenters. The van der Waals surface area contributed by atoms with Crippen LogP contribution in [0, 0.1) is 5.92 Å².